The standard InChI is InChI=1S/C13H16N2O5/c16-9-7-14(8-10-17)13(18)6-3-11-1-4-12(5-2-11)15(19)20/h1-6,16-17H,7-10H2/b6-3+. The van der Waals surface area contributed by atoms with Crippen LogP contribution in [-0.2, 0) is 4.79 Å². The van der Waals surface area contributed by atoms with Gasteiger partial charge in [-0.1, -0.05) is 0 Å². The lowest BCUT2D eigenvalue weighted by Gasteiger charge is -2.18. The van der Waals surface area contributed by atoms with Crippen LogP contribution < -0.4 is 0 Å². The molecule has 20 heavy (non-hydrogen) atoms. The normalized spacial score (nSPS) is 10.7. The summed E-state index contributed by atoms with van der Waals surface area (Å²) in [4.78, 5) is 23.1. The summed E-state index contributed by atoms with van der Waals surface area (Å²) in [5.41, 5.74) is 0.632. The van der Waals surface area contributed by atoms with Crippen molar-refractivity contribution in [2.24, 2.45) is 0 Å². The molecule has 7 heteroatoms. The third-order valence-corrected chi connectivity index (χ3v) is 2.57. The maximum absolute atomic E-state index is 11.8. The Morgan fingerprint density at radius 1 is 1.20 bits per heavy atom. The van der Waals surface area contributed by atoms with Crippen LogP contribution in [0, 0.1) is 10.1 Å². The average Bonchev–Trinajstić information content (AvgIpc) is 2.45. The van der Waals surface area contributed by atoms with E-state index < -0.39 is 4.92 Å². The number of nitro benzene ring substituents is 1. The molecule has 0 aromatic heterocycles. The van der Waals surface area contributed by atoms with Gasteiger partial charge in [-0.2, -0.15) is 0 Å². The molecule has 1 amide bonds. The molecule has 0 unspecified atom stereocenters. The molecule has 1 aromatic carbocycles. The zero-order valence-corrected chi connectivity index (χ0v) is 10.8. The summed E-state index contributed by atoms with van der Waals surface area (Å²) in [6, 6.07) is 5.77. The molecular weight excluding hydrogens is 264 g/mol. The summed E-state index contributed by atoms with van der Waals surface area (Å²) in [5, 5.41) is 28.1. The zero-order valence-electron chi connectivity index (χ0n) is 10.8. The van der Waals surface area contributed by atoms with Crippen molar-refractivity contribution in [3.63, 3.8) is 0 Å². The van der Waals surface area contributed by atoms with Crippen LogP contribution in [0.4, 0.5) is 5.69 Å². The SMILES string of the molecule is O=C(/C=C/c1ccc([N+](=O)[O-])cc1)N(CCO)CCO. The highest BCUT2D eigenvalue weighted by Gasteiger charge is 2.09. The quantitative estimate of drug-likeness (QED) is 0.428. The van der Waals surface area contributed by atoms with Gasteiger partial charge in [-0.25, -0.2) is 0 Å². The van der Waals surface area contributed by atoms with Gasteiger partial charge in [0.15, 0.2) is 0 Å². The van der Waals surface area contributed by atoms with Crippen molar-refractivity contribution in [3.8, 4) is 0 Å². The lowest BCUT2D eigenvalue weighted by atomic mass is 10.2. The number of carbonyl (C=O) groups is 1. The Hall–Kier alpha value is -2.25. The first-order chi connectivity index (χ1) is 9.58. The van der Waals surface area contributed by atoms with Crippen LogP contribution >= 0.6 is 0 Å². The van der Waals surface area contributed by atoms with Crippen molar-refractivity contribution in [1.29, 1.82) is 0 Å². The summed E-state index contributed by atoms with van der Waals surface area (Å²) >= 11 is 0. The first kappa shape index (κ1) is 15.8. The van der Waals surface area contributed by atoms with Gasteiger partial charge in [0.1, 0.15) is 0 Å². The fourth-order valence-corrected chi connectivity index (χ4v) is 1.55. The predicted octanol–water partition coefficient (Wildman–Crippen LogP) is 0.421. The van der Waals surface area contributed by atoms with Gasteiger partial charge >= 0.3 is 0 Å². The van der Waals surface area contributed by atoms with E-state index in [4.69, 9.17) is 10.2 Å². The van der Waals surface area contributed by atoms with Gasteiger partial charge in [0.25, 0.3) is 5.69 Å². The number of rotatable bonds is 7. The van der Waals surface area contributed by atoms with E-state index in [9.17, 15) is 14.9 Å². The van der Waals surface area contributed by atoms with E-state index in [-0.39, 0.29) is 37.9 Å². The van der Waals surface area contributed by atoms with Gasteiger partial charge in [-0.3, -0.25) is 14.9 Å². The maximum Gasteiger partial charge on any atom is 0.269 e. The molecule has 0 bridgehead atoms. The molecule has 0 saturated carbocycles. The van der Waals surface area contributed by atoms with Gasteiger partial charge in [-0.05, 0) is 23.8 Å². The van der Waals surface area contributed by atoms with Crippen LogP contribution in [0.1, 0.15) is 5.56 Å². The number of nitrogens with zero attached hydrogens (tertiary/aromatic N) is 2. The van der Waals surface area contributed by atoms with Gasteiger partial charge in [0.05, 0.1) is 18.1 Å². The summed E-state index contributed by atoms with van der Waals surface area (Å²) in [6.07, 6.45) is 2.82. The first-order valence-corrected chi connectivity index (χ1v) is 6.01. The number of non-ortho nitro benzene ring substituents is 1. The number of nitro groups is 1. The first-order valence-electron chi connectivity index (χ1n) is 6.01. The van der Waals surface area contributed by atoms with Crippen LogP contribution in [0.2, 0.25) is 0 Å². The van der Waals surface area contributed by atoms with Crippen molar-refractivity contribution in [3.05, 3.63) is 46.0 Å². The average molecular weight is 280 g/mol. The van der Waals surface area contributed by atoms with Gasteiger partial charge in [-0.15, -0.1) is 0 Å². The molecule has 0 saturated heterocycles. The van der Waals surface area contributed by atoms with Crippen LogP contribution in [0.25, 0.3) is 6.08 Å². The monoisotopic (exact) mass is 280 g/mol. The molecule has 1 rings (SSSR count). The number of benzene rings is 1. The van der Waals surface area contributed by atoms with Gasteiger partial charge in [0.2, 0.25) is 5.91 Å². The zero-order chi connectivity index (χ0) is 15.0. The van der Waals surface area contributed by atoms with Gasteiger partial charge in [0, 0.05) is 31.3 Å². The molecule has 0 aliphatic carbocycles. The lowest BCUT2D eigenvalue weighted by molar-refractivity contribution is -0.384. The van der Waals surface area contributed by atoms with Crippen molar-refractivity contribution in [2.75, 3.05) is 26.3 Å². The van der Waals surface area contributed by atoms with E-state index >= 15 is 0 Å². The Balaban J connectivity index is 2.70. The van der Waals surface area contributed by atoms with E-state index in [0.717, 1.165) is 0 Å². The van der Waals surface area contributed by atoms with Gasteiger partial charge < -0.3 is 15.1 Å². The largest absolute Gasteiger partial charge is 0.395 e. The van der Waals surface area contributed by atoms with Crippen LogP contribution in [0.3, 0.4) is 0 Å². The summed E-state index contributed by atoms with van der Waals surface area (Å²) in [5.74, 6) is -0.341. The molecule has 108 valence electrons. The maximum atomic E-state index is 11.8. The Morgan fingerprint density at radius 3 is 2.20 bits per heavy atom. The molecule has 7 nitrogen and oxygen atoms in total. The Morgan fingerprint density at radius 2 is 1.75 bits per heavy atom. The number of aliphatic hydroxyl groups excluding tert-OH is 2. The van der Waals surface area contributed by atoms with E-state index in [2.05, 4.69) is 0 Å². The fourth-order valence-electron chi connectivity index (χ4n) is 1.55. The topological polar surface area (TPSA) is 104 Å². The molecule has 0 radical (unpaired) electrons. The fraction of sp³-hybridized carbons (Fsp3) is 0.308. The molecular formula is C13H16N2O5. The third kappa shape index (κ3) is 4.79. The molecule has 0 spiro atoms. The van der Waals surface area contributed by atoms with Crippen LogP contribution in [-0.4, -0.2) is 52.2 Å². The molecule has 0 aliphatic rings. The molecule has 0 atom stereocenters. The molecule has 0 heterocycles. The summed E-state index contributed by atoms with van der Waals surface area (Å²) < 4.78 is 0. The van der Waals surface area contributed by atoms with E-state index in [1.165, 1.54) is 41.3 Å². The van der Waals surface area contributed by atoms with Crippen molar-refractivity contribution < 1.29 is 19.9 Å². The summed E-state index contributed by atoms with van der Waals surface area (Å²) in [7, 11) is 0. The minimum absolute atomic E-state index is 0.0179. The number of amides is 1. The van der Waals surface area contributed by atoms with Crippen molar-refractivity contribution in [2.45, 2.75) is 0 Å². The highest BCUT2D eigenvalue weighted by molar-refractivity contribution is 5.91. The van der Waals surface area contributed by atoms with Crippen molar-refractivity contribution in [1.82, 2.24) is 4.90 Å². The molecule has 2 N–H and O–H groups in total. The number of hydrogen-bond acceptors (Lipinski definition) is 5. The minimum Gasteiger partial charge on any atom is -0.395 e. The van der Waals surface area contributed by atoms with Crippen LogP contribution in [0.15, 0.2) is 30.3 Å². The Labute approximate surface area is 115 Å². The number of aliphatic hydroxyl groups is 2. The lowest BCUT2D eigenvalue weighted by Crippen LogP contribution is -2.34. The predicted molar refractivity (Wildman–Crippen MR) is 72.9 cm³/mol. The third-order valence-electron chi connectivity index (χ3n) is 2.57. The van der Waals surface area contributed by atoms with Crippen LogP contribution in [0.5, 0.6) is 0 Å². The molecule has 0 fully saturated rings. The smallest absolute Gasteiger partial charge is 0.269 e. The molecule has 0 aliphatic heterocycles. The Bertz CT molecular complexity index is 478. The van der Waals surface area contributed by atoms with Crippen molar-refractivity contribution >= 4 is 17.7 Å². The second kappa shape index (κ2) is 8.03. The molecule has 1 aromatic rings. The van der Waals surface area contributed by atoms with E-state index in [1.807, 2.05) is 0 Å². The number of hydrogen-bond donors (Lipinski definition) is 2. The second-order valence-electron chi connectivity index (χ2n) is 3.95. The summed E-state index contributed by atoms with van der Waals surface area (Å²) in [6.45, 7) is -0.0811. The highest BCUT2D eigenvalue weighted by atomic mass is 16.6. The number of carbonyl (C=O) groups excluding carboxylic acids is 1. The van der Waals surface area contributed by atoms with E-state index in [1.54, 1.807) is 0 Å². The van der Waals surface area contributed by atoms with E-state index in [0.29, 0.717) is 5.56 Å². The Kier molecular flexibility index (Phi) is 6.34. The minimum atomic E-state index is -0.497. The highest BCUT2D eigenvalue weighted by Crippen LogP contribution is 2.12. The second-order valence-corrected chi connectivity index (χ2v) is 3.95.